The summed E-state index contributed by atoms with van der Waals surface area (Å²) in [6.45, 7) is 0. The third-order valence-electron chi connectivity index (χ3n) is 21.5. The molecule has 0 amide bonds. The van der Waals surface area contributed by atoms with Crippen molar-refractivity contribution in [2.24, 2.45) is 0 Å². The molecule has 0 unspecified atom stereocenters. The Bertz CT molecular complexity index is 8080. The molecule has 0 bridgehead atoms. The maximum absolute atomic E-state index is 5.29. The highest BCUT2D eigenvalue weighted by Crippen LogP contribution is 2.49. The minimum atomic E-state index is 0.918. The lowest BCUT2D eigenvalue weighted by Gasteiger charge is -2.05. The van der Waals surface area contributed by atoms with Crippen LogP contribution in [0.15, 0.2) is 291 Å². The normalized spacial score (nSPS) is 12.5. The Morgan fingerprint density at radius 2 is 0.716 bits per heavy atom. The second-order valence-electron chi connectivity index (χ2n) is 26.9. The summed E-state index contributed by atoms with van der Waals surface area (Å²) in [5.74, 6) is 0. The highest BCUT2D eigenvalue weighted by atomic mass is 32.1. The van der Waals surface area contributed by atoms with Crippen molar-refractivity contribution in [3.05, 3.63) is 291 Å². The summed E-state index contributed by atoms with van der Waals surface area (Å²) in [7, 11) is 0. The summed E-state index contributed by atoms with van der Waals surface area (Å²) in [5.41, 5.74) is 21.7. The summed E-state index contributed by atoms with van der Waals surface area (Å²) in [4.78, 5) is 25.8. The fraction of sp³-hybridized carbons (Fsp3) is 0. The van der Waals surface area contributed by atoms with E-state index in [9.17, 15) is 0 Å². The molecule has 0 aliphatic rings. The summed E-state index contributed by atoms with van der Waals surface area (Å²) in [6, 6.07) is 104. The zero-order chi connectivity index (χ0) is 66.2. The lowest BCUT2D eigenvalue weighted by Crippen LogP contribution is -1.90. The van der Waals surface area contributed by atoms with Crippen molar-refractivity contribution in [1.29, 1.82) is 0 Å². The number of pyridine rings is 1. The van der Waals surface area contributed by atoms with Crippen LogP contribution in [0.1, 0.15) is 0 Å². The number of aromatic nitrogens is 8. The molecule has 0 aliphatic heterocycles. The topological polar surface area (TPSA) is 77.7 Å². The van der Waals surface area contributed by atoms with E-state index >= 15 is 0 Å². The summed E-state index contributed by atoms with van der Waals surface area (Å²) < 4.78 is 15.0. The fourth-order valence-corrected chi connectivity index (χ4v) is 20.6. The molecule has 0 fully saturated rings. The van der Waals surface area contributed by atoms with Gasteiger partial charge in [-0.15, -0.1) is 34.0 Å². The van der Waals surface area contributed by atoms with Gasteiger partial charge in [0.15, 0.2) is 11.3 Å². The van der Waals surface area contributed by atoms with Crippen molar-refractivity contribution >= 4 is 242 Å². The molecule has 8 nitrogen and oxygen atoms in total. The van der Waals surface area contributed by atoms with E-state index in [1.165, 1.54) is 164 Å². The Labute approximate surface area is 589 Å². The number of hydrogen-bond donors (Lipinski definition) is 0. The van der Waals surface area contributed by atoms with Gasteiger partial charge in [-0.3, -0.25) is 13.2 Å². The van der Waals surface area contributed by atoms with Gasteiger partial charge in [-0.2, -0.15) is 0 Å². The number of rotatable bonds is 2. The van der Waals surface area contributed by atoms with Gasteiger partial charge in [-0.25, -0.2) is 24.9 Å². The van der Waals surface area contributed by atoms with Crippen molar-refractivity contribution in [2.75, 3.05) is 0 Å². The summed E-state index contributed by atoms with van der Waals surface area (Å²) in [5, 5.41) is 21.7. The minimum Gasteiger partial charge on any atom is -0.293 e. The number of hydrogen-bond acceptors (Lipinski definition) is 8. The maximum Gasteiger partial charge on any atom is 0.165 e. The van der Waals surface area contributed by atoms with Gasteiger partial charge in [0, 0.05) is 115 Å². The first-order valence-corrected chi connectivity index (χ1v) is 36.8. The molecule has 12 aromatic heterocycles. The van der Waals surface area contributed by atoms with E-state index in [2.05, 4.69) is 274 Å². The van der Waals surface area contributed by atoms with E-state index < -0.39 is 0 Å². The first-order valence-electron chi connectivity index (χ1n) is 34.4. The first-order chi connectivity index (χ1) is 50.6. The highest BCUT2D eigenvalue weighted by Gasteiger charge is 2.26. The molecule has 0 atom stereocenters. The quantitative estimate of drug-likeness (QED) is 0.172. The first kappa shape index (κ1) is 55.1. The Morgan fingerprint density at radius 1 is 0.216 bits per heavy atom. The predicted octanol–water partition coefficient (Wildman–Crippen LogP) is 25.4. The summed E-state index contributed by atoms with van der Waals surface area (Å²) >= 11 is 5.61. The summed E-state index contributed by atoms with van der Waals surface area (Å²) in [6.07, 6.45) is 0. The van der Waals surface area contributed by atoms with Gasteiger partial charge in [0.1, 0.15) is 16.7 Å². The Morgan fingerprint density at radius 3 is 1.46 bits per heavy atom. The molecule has 14 aromatic carbocycles. The van der Waals surface area contributed by atoms with Crippen LogP contribution in [-0.4, -0.2) is 38.1 Å². The van der Waals surface area contributed by atoms with E-state index in [4.69, 9.17) is 24.9 Å². The van der Waals surface area contributed by atoms with Crippen molar-refractivity contribution in [3.63, 3.8) is 0 Å². The van der Waals surface area contributed by atoms with Crippen LogP contribution in [0.2, 0.25) is 0 Å². The lowest BCUT2D eigenvalue weighted by molar-refractivity contribution is 1.28. The molecule has 0 aliphatic carbocycles. The lowest BCUT2D eigenvalue weighted by atomic mass is 10.0. The molecule has 0 spiro atoms. The Balaban J connectivity index is 0.0000000924. The van der Waals surface area contributed by atoms with Crippen LogP contribution in [0.25, 0.3) is 231 Å². The molecule has 470 valence electrons. The van der Waals surface area contributed by atoms with Crippen LogP contribution in [0.4, 0.5) is 0 Å². The average Bonchev–Trinajstić information content (AvgIpc) is 1.54. The molecular weight excluding hydrogens is 1300 g/mol. The SMILES string of the molecule is c1ccc(-c2ccc3cc4c5cccc6c7cc8c(cc7n(c4nc3c2)c65)sc2ccccc28)cc1.c1ccc(-c2ccc3nc4c5cccc6c7ccc8c9ccccc9sc8c7n(c4nc3c2)c65)cc1.c1ccc2nc3c(nc2c1)c1cccc2c4c5c(ccc4n3c12)sc1ccccc15. The molecule has 0 N–H and O–H groups in total. The molecule has 11 heteroatoms. The molecule has 0 radical (unpaired) electrons. The van der Waals surface area contributed by atoms with Gasteiger partial charge in [0.2, 0.25) is 0 Å². The fourth-order valence-electron chi connectivity index (χ4n) is 17.1. The van der Waals surface area contributed by atoms with E-state index in [1.807, 2.05) is 64.3 Å². The van der Waals surface area contributed by atoms with Crippen LogP contribution in [-0.2, 0) is 0 Å². The Hall–Kier alpha value is -12.8. The average molecular weight is 1350 g/mol. The van der Waals surface area contributed by atoms with Crippen molar-refractivity contribution in [2.45, 2.75) is 0 Å². The monoisotopic (exact) mass is 1350 g/mol. The van der Waals surface area contributed by atoms with Gasteiger partial charge < -0.3 is 0 Å². The number of nitrogens with zero attached hydrogens (tertiary/aromatic N) is 8. The number of para-hydroxylation sites is 5. The minimum absolute atomic E-state index is 0.918. The van der Waals surface area contributed by atoms with Gasteiger partial charge in [-0.05, 0) is 101 Å². The van der Waals surface area contributed by atoms with Crippen LogP contribution in [0.3, 0.4) is 0 Å². The maximum atomic E-state index is 5.29. The predicted molar refractivity (Wildman–Crippen MR) is 434 cm³/mol. The second-order valence-corrected chi connectivity index (χ2v) is 30.1. The van der Waals surface area contributed by atoms with E-state index in [1.54, 1.807) is 0 Å². The second kappa shape index (κ2) is 20.4. The smallest absolute Gasteiger partial charge is 0.165 e. The highest BCUT2D eigenvalue weighted by molar-refractivity contribution is 7.27. The van der Waals surface area contributed by atoms with Gasteiger partial charge >= 0.3 is 0 Å². The molecule has 0 saturated heterocycles. The molecule has 12 heterocycles. The van der Waals surface area contributed by atoms with E-state index in [-0.39, 0.29) is 0 Å². The molecule has 26 aromatic rings. The van der Waals surface area contributed by atoms with Crippen molar-refractivity contribution in [1.82, 2.24) is 38.1 Å². The van der Waals surface area contributed by atoms with E-state index in [0.29, 0.717) is 0 Å². The van der Waals surface area contributed by atoms with Gasteiger partial charge in [0.05, 0.1) is 65.4 Å². The Kier molecular flexibility index (Phi) is 11.1. The third kappa shape index (κ3) is 7.54. The standard InChI is InChI=1S/C33H18N2S.C32H17N3S.C26H13N3S/c1-2-7-19(8-3-1)20-13-14-21-15-27-24-11-6-10-23-25-17-26-22-9-4-5-12-30(22)36-31(26)18-29(25)35(32(23)24)33(27)34-28(21)16-20;1-2-7-18(8-3-1)19-13-16-25-26(17-19)34-32-28(33-25)24-11-6-10-21-22-14-15-23-20-9-4-5-12-27(20)36-31(23)30(22)35(32)29(21)24;1-4-11-20-14(6-1)23-21(30-20)13-12-19-22(23)15-7-5-8-16-24-26(29(19)25(15)16)28-18-10-3-2-9-17(18)27-24/h1-18H;1-17H;1-13H. The van der Waals surface area contributed by atoms with Crippen LogP contribution in [0, 0.1) is 0 Å². The zero-order valence-corrected chi connectivity index (χ0v) is 56.5. The molecule has 26 rings (SSSR count). The van der Waals surface area contributed by atoms with Crippen molar-refractivity contribution in [3.8, 4) is 22.3 Å². The van der Waals surface area contributed by atoms with Crippen LogP contribution >= 0.6 is 34.0 Å². The number of thiophene rings is 3. The largest absolute Gasteiger partial charge is 0.293 e. The van der Waals surface area contributed by atoms with E-state index in [0.717, 1.165) is 66.5 Å². The van der Waals surface area contributed by atoms with Gasteiger partial charge in [-0.1, -0.05) is 212 Å². The van der Waals surface area contributed by atoms with Crippen LogP contribution < -0.4 is 0 Å². The number of benzene rings is 14. The third-order valence-corrected chi connectivity index (χ3v) is 25.0. The van der Waals surface area contributed by atoms with Gasteiger partial charge in [0.25, 0.3) is 0 Å². The molecular formula is C91H48N8S3. The molecule has 102 heavy (non-hydrogen) atoms. The van der Waals surface area contributed by atoms with Crippen molar-refractivity contribution < 1.29 is 0 Å². The zero-order valence-electron chi connectivity index (χ0n) is 54.0. The number of fused-ring (bicyclic) bond motifs is 32. The van der Waals surface area contributed by atoms with Crippen LogP contribution in [0.5, 0.6) is 0 Å². The molecule has 0 saturated carbocycles.